The van der Waals surface area contributed by atoms with Crippen molar-refractivity contribution in [3.63, 3.8) is 0 Å². The number of hydrogen-bond acceptors (Lipinski definition) is 5. The first-order valence-electron chi connectivity index (χ1n) is 9.84. The summed E-state index contributed by atoms with van der Waals surface area (Å²) in [5, 5.41) is 20.6. The number of aromatic nitrogens is 1. The summed E-state index contributed by atoms with van der Waals surface area (Å²) in [6.07, 6.45) is 0.416. The monoisotopic (exact) mass is 411 g/mol. The number of fused-ring (bicyclic) bond motifs is 1. The molecule has 1 aromatic heterocycles. The number of pyridine rings is 1. The van der Waals surface area contributed by atoms with Crippen LogP contribution in [-0.2, 0) is 9.53 Å². The summed E-state index contributed by atoms with van der Waals surface area (Å²) in [5.74, 6) is -1.19. The van der Waals surface area contributed by atoms with Gasteiger partial charge in [0.25, 0.3) is 0 Å². The average molecular weight is 411 g/mol. The topological polar surface area (TPSA) is 88.9 Å². The van der Waals surface area contributed by atoms with Gasteiger partial charge in [0, 0.05) is 30.1 Å². The maximum atomic E-state index is 13.6. The Balaban J connectivity index is 1.98. The van der Waals surface area contributed by atoms with Gasteiger partial charge < -0.3 is 19.7 Å². The first-order chi connectivity index (χ1) is 14.4. The maximum absolute atomic E-state index is 13.6. The van der Waals surface area contributed by atoms with E-state index in [0.29, 0.717) is 18.6 Å². The second kappa shape index (κ2) is 8.28. The SMILES string of the molecule is CC(Oc1nc(C2CCOCC2)c(-c2ccc(F)cc2)c2ccc(O)cc12)C(=O)O. The molecule has 1 unspecified atom stereocenters. The highest BCUT2D eigenvalue weighted by atomic mass is 19.1. The minimum Gasteiger partial charge on any atom is -0.508 e. The van der Waals surface area contributed by atoms with Crippen LogP contribution in [-0.4, -0.2) is 40.5 Å². The molecule has 0 saturated carbocycles. The fraction of sp³-hybridized carbons (Fsp3) is 0.304. The molecule has 0 radical (unpaired) electrons. The van der Waals surface area contributed by atoms with E-state index in [2.05, 4.69) is 0 Å². The third kappa shape index (κ3) is 3.93. The summed E-state index contributed by atoms with van der Waals surface area (Å²) in [4.78, 5) is 16.1. The zero-order valence-corrected chi connectivity index (χ0v) is 16.5. The summed E-state index contributed by atoms with van der Waals surface area (Å²) in [7, 11) is 0. The molecule has 1 aliphatic rings. The molecule has 6 nitrogen and oxygen atoms in total. The Morgan fingerprint density at radius 1 is 1.17 bits per heavy atom. The van der Waals surface area contributed by atoms with Crippen LogP contribution in [0.5, 0.6) is 11.6 Å². The smallest absolute Gasteiger partial charge is 0.344 e. The summed E-state index contributed by atoms with van der Waals surface area (Å²) in [6.45, 7) is 2.63. The first-order valence-corrected chi connectivity index (χ1v) is 9.84. The fourth-order valence-electron chi connectivity index (χ4n) is 3.78. The molecule has 1 atom stereocenters. The molecular weight excluding hydrogens is 389 g/mol. The Kier molecular flexibility index (Phi) is 5.55. The summed E-state index contributed by atoms with van der Waals surface area (Å²) >= 11 is 0. The molecule has 0 aliphatic carbocycles. The molecule has 1 saturated heterocycles. The lowest BCUT2D eigenvalue weighted by molar-refractivity contribution is -0.144. The van der Waals surface area contributed by atoms with Crippen LogP contribution in [0.1, 0.15) is 31.4 Å². The second-order valence-electron chi connectivity index (χ2n) is 7.40. The third-order valence-corrected chi connectivity index (χ3v) is 5.36. The molecule has 0 spiro atoms. The van der Waals surface area contributed by atoms with Gasteiger partial charge in [0.1, 0.15) is 11.6 Å². The fourth-order valence-corrected chi connectivity index (χ4v) is 3.78. The van der Waals surface area contributed by atoms with Gasteiger partial charge in [-0.15, -0.1) is 0 Å². The van der Waals surface area contributed by atoms with Crippen LogP contribution < -0.4 is 4.74 Å². The van der Waals surface area contributed by atoms with Crippen LogP contribution in [0.25, 0.3) is 21.9 Å². The summed E-state index contributed by atoms with van der Waals surface area (Å²) in [6, 6.07) is 11.0. The number of phenols is 1. The molecule has 156 valence electrons. The number of carboxylic acids is 1. The molecular formula is C23H22FNO5. The number of carboxylic acid groups (broad SMARTS) is 1. The van der Waals surface area contributed by atoms with E-state index >= 15 is 0 Å². The van der Waals surface area contributed by atoms with E-state index in [0.717, 1.165) is 35.0 Å². The van der Waals surface area contributed by atoms with Crippen molar-refractivity contribution in [1.82, 2.24) is 4.98 Å². The average Bonchev–Trinajstić information content (AvgIpc) is 2.75. The van der Waals surface area contributed by atoms with Crippen molar-refractivity contribution >= 4 is 16.7 Å². The zero-order chi connectivity index (χ0) is 21.3. The minimum atomic E-state index is -1.11. The molecule has 3 aromatic rings. The van der Waals surface area contributed by atoms with Gasteiger partial charge in [-0.3, -0.25) is 0 Å². The van der Waals surface area contributed by atoms with Crippen molar-refractivity contribution < 1.29 is 28.9 Å². The highest BCUT2D eigenvalue weighted by Crippen LogP contribution is 2.42. The molecule has 30 heavy (non-hydrogen) atoms. The molecule has 0 amide bonds. The van der Waals surface area contributed by atoms with Gasteiger partial charge in [0.05, 0.1) is 5.69 Å². The Labute approximate surface area is 172 Å². The quantitative estimate of drug-likeness (QED) is 0.643. The van der Waals surface area contributed by atoms with E-state index in [1.165, 1.54) is 25.1 Å². The molecule has 2 heterocycles. The van der Waals surface area contributed by atoms with E-state index in [4.69, 9.17) is 14.5 Å². The van der Waals surface area contributed by atoms with E-state index in [1.54, 1.807) is 24.3 Å². The van der Waals surface area contributed by atoms with Crippen molar-refractivity contribution in [2.45, 2.75) is 31.8 Å². The number of halogens is 1. The van der Waals surface area contributed by atoms with Crippen LogP contribution in [0.3, 0.4) is 0 Å². The molecule has 1 aliphatic heterocycles. The molecule has 0 bridgehead atoms. The Hall–Kier alpha value is -3.19. The molecule has 2 aromatic carbocycles. The van der Waals surface area contributed by atoms with Gasteiger partial charge in [0.15, 0.2) is 6.10 Å². The number of aliphatic carboxylic acids is 1. The van der Waals surface area contributed by atoms with Gasteiger partial charge >= 0.3 is 5.97 Å². The number of ether oxygens (including phenoxy) is 2. The van der Waals surface area contributed by atoms with Crippen molar-refractivity contribution in [1.29, 1.82) is 0 Å². The standard InChI is InChI=1S/C23H22FNO5/c1-13(23(27)28)30-22-19-12-17(26)6-7-18(19)20(14-2-4-16(24)5-3-14)21(25-22)15-8-10-29-11-9-15/h2-7,12-13,15,26H,8-11H2,1H3,(H,27,28). The van der Waals surface area contributed by atoms with Crippen LogP contribution in [0.15, 0.2) is 42.5 Å². The lowest BCUT2D eigenvalue weighted by Crippen LogP contribution is -2.24. The lowest BCUT2D eigenvalue weighted by Gasteiger charge is -2.26. The zero-order valence-electron chi connectivity index (χ0n) is 16.5. The first kappa shape index (κ1) is 20.1. The second-order valence-corrected chi connectivity index (χ2v) is 7.40. The number of hydrogen-bond donors (Lipinski definition) is 2. The predicted molar refractivity (Wildman–Crippen MR) is 109 cm³/mol. The largest absolute Gasteiger partial charge is 0.508 e. The Bertz CT molecular complexity index is 1080. The number of carbonyl (C=O) groups is 1. The van der Waals surface area contributed by atoms with E-state index in [1.807, 2.05) is 0 Å². The highest BCUT2D eigenvalue weighted by molar-refractivity contribution is 6.01. The van der Waals surface area contributed by atoms with Crippen molar-refractivity contribution in [3.8, 4) is 22.8 Å². The minimum absolute atomic E-state index is 0.0148. The van der Waals surface area contributed by atoms with Gasteiger partial charge in [-0.2, -0.15) is 0 Å². The normalized spacial score (nSPS) is 15.8. The summed E-state index contributed by atoms with van der Waals surface area (Å²) in [5.41, 5.74) is 2.38. The van der Waals surface area contributed by atoms with E-state index in [-0.39, 0.29) is 23.4 Å². The highest BCUT2D eigenvalue weighted by Gasteiger charge is 2.26. The van der Waals surface area contributed by atoms with Crippen molar-refractivity contribution in [2.24, 2.45) is 0 Å². The number of nitrogens with zero attached hydrogens (tertiary/aromatic N) is 1. The predicted octanol–water partition coefficient (Wildman–Crippen LogP) is 4.49. The van der Waals surface area contributed by atoms with Gasteiger partial charge in [-0.1, -0.05) is 12.1 Å². The number of phenolic OH excluding ortho intramolecular Hbond substituents is 1. The van der Waals surface area contributed by atoms with Crippen molar-refractivity contribution in [2.75, 3.05) is 13.2 Å². The number of rotatable bonds is 5. The van der Waals surface area contributed by atoms with Crippen molar-refractivity contribution in [3.05, 3.63) is 54.0 Å². The Morgan fingerprint density at radius 2 is 1.87 bits per heavy atom. The summed E-state index contributed by atoms with van der Waals surface area (Å²) < 4.78 is 24.7. The maximum Gasteiger partial charge on any atom is 0.344 e. The Morgan fingerprint density at radius 3 is 2.53 bits per heavy atom. The molecule has 2 N–H and O–H groups in total. The molecule has 4 rings (SSSR count). The van der Waals surface area contributed by atoms with E-state index in [9.17, 15) is 19.4 Å². The molecule has 7 heteroatoms. The van der Waals surface area contributed by atoms with Crippen LogP contribution in [0, 0.1) is 5.82 Å². The van der Waals surface area contributed by atoms with Gasteiger partial charge in [-0.25, -0.2) is 14.2 Å². The van der Waals surface area contributed by atoms with Crippen LogP contribution in [0.2, 0.25) is 0 Å². The number of aromatic hydroxyl groups is 1. The van der Waals surface area contributed by atoms with Crippen LogP contribution >= 0.6 is 0 Å². The molecule has 1 fully saturated rings. The van der Waals surface area contributed by atoms with Gasteiger partial charge in [0.2, 0.25) is 5.88 Å². The van der Waals surface area contributed by atoms with E-state index < -0.39 is 12.1 Å². The third-order valence-electron chi connectivity index (χ3n) is 5.36. The van der Waals surface area contributed by atoms with Gasteiger partial charge in [-0.05, 0) is 61.0 Å². The number of benzene rings is 2. The van der Waals surface area contributed by atoms with Crippen LogP contribution in [0.4, 0.5) is 4.39 Å². The lowest BCUT2D eigenvalue weighted by atomic mass is 9.87.